The SMILES string of the molecule is CC1CCN(CCCN2CCNC2=O)CC1. The number of nitrogens with one attached hydrogen (secondary N) is 1. The monoisotopic (exact) mass is 225 g/mol. The lowest BCUT2D eigenvalue weighted by atomic mass is 9.99. The topological polar surface area (TPSA) is 35.6 Å². The van der Waals surface area contributed by atoms with Gasteiger partial charge in [0.1, 0.15) is 0 Å². The smallest absolute Gasteiger partial charge is 0.317 e. The summed E-state index contributed by atoms with van der Waals surface area (Å²) in [6.45, 7) is 8.59. The van der Waals surface area contributed by atoms with Crippen LogP contribution in [0, 0.1) is 5.92 Å². The largest absolute Gasteiger partial charge is 0.336 e. The first-order valence-corrected chi connectivity index (χ1v) is 6.51. The van der Waals surface area contributed by atoms with Gasteiger partial charge < -0.3 is 15.1 Å². The van der Waals surface area contributed by atoms with Crippen LogP contribution in [0.25, 0.3) is 0 Å². The molecule has 0 radical (unpaired) electrons. The molecule has 2 rings (SSSR count). The van der Waals surface area contributed by atoms with Gasteiger partial charge in [0.25, 0.3) is 0 Å². The van der Waals surface area contributed by atoms with Crippen LogP contribution in [0.3, 0.4) is 0 Å². The van der Waals surface area contributed by atoms with Gasteiger partial charge in [-0.3, -0.25) is 0 Å². The Labute approximate surface area is 98.0 Å². The van der Waals surface area contributed by atoms with Crippen molar-refractivity contribution in [3.05, 3.63) is 0 Å². The van der Waals surface area contributed by atoms with Crippen LogP contribution >= 0.6 is 0 Å². The third kappa shape index (κ3) is 3.11. The molecule has 2 aliphatic rings. The van der Waals surface area contributed by atoms with Crippen molar-refractivity contribution in [1.82, 2.24) is 15.1 Å². The number of amides is 2. The Bertz CT molecular complexity index is 236. The molecule has 0 aliphatic carbocycles. The van der Waals surface area contributed by atoms with Crippen LogP contribution in [0.15, 0.2) is 0 Å². The number of nitrogens with zero attached hydrogens (tertiary/aromatic N) is 2. The molecule has 0 spiro atoms. The Morgan fingerprint density at radius 3 is 2.62 bits per heavy atom. The van der Waals surface area contributed by atoms with E-state index in [1.54, 1.807) is 0 Å². The zero-order valence-electron chi connectivity index (χ0n) is 10.2. The molecule has 92 valence electrons. The van der Waals surface area contributed by atoms with Crippen molar-refractivity contribution in [2.24, 2.45) is 5.92 Å². The zero-order valence-corrected chi connectivity index (χ0v) is 10.2. The van der Waals surface area contributed by atoms with Crippen molar-refractivity contribution in [3.63, 3.8) is 0 Å². The quantitative estimate of drug-likeness (QED) is 0.778. The number of piperidine rings is 1. The van der Waals surface area contributed by atoms with Gasteiger partial charge in [-0.2, -0.15) is 0 Å². The number of likely N-dealkylation sites (tertiary alicyclic amines) is 1. The summed E-state index contributed by atoms with van der Waals surface area (Å²) in [5, 5.41) is 2.84. The standard InChI is InChI=1S/C12H23N3O/c1-11-3-8-14(9-4-11)6-2-7-15-10-5-13-12(15)16/h11H,2-10H2,1H3,(H,13,16). The highest BCUT2D eigenvalue weighted by atomic mass is 16.2. The van der Waals surface area contributed by atoms with Crippen LogP contribution in [0.2, 0.25) is 0 Å². The van der Waals surface area contributed by atoms with Crippen molar-refractivity contribution < 1.29 is 4.79 Å². The summed E-state index contributed by atoms with van der Waals surface area (Å²) >= 11 is 0. The second-order valence-corrected chi connectivity index (χ2v) is 5.10. The Morgan fingerprint density at radius 1 is 1.25 bits per heavy atom. The van der Waals surface area contributed by atoms with E-state index >= 15 is 0 Å². The van der Waals surface area contributed by atoms with Gasteiger partial charge in [-0.05, 0) is 44.8 Å². The third-order valence-corrected chi connectivity index (χ3v) is 3.72. The van der Waals surface area contributed by atoms with Gasteiger partial charge in [0.05, 0.1) is 0 Å². The molecule has 2 amide bonds. The highest BCUT2D eigenvalue weighted by molar-refractivity contribution is 5.76. The molecule has 0 saturated carbocycles. The molecule has 0 aromatic rings. The van der Waals surface area contributed by atoms with E-state index in [-0.39, 0.29) is 6.03 Å². The molecule has 2 saturated heterocycles. The molecule has 1 N–H and O–H groups in total. The van der Waals surface area contributed by atoms with E-state index < -0.39 is 0 Å². The lowest BCUT2D eigenvalue weighted by Crippen LogP contribution is -2.36. The maximum Gasteiger partial charge on any atom is 0.317 e. The Kier molecular flexibility index (Phi) is 4.04. The first-order chi connectivity index (χ1) is 7.75. The molecule has 0 atom stereocenters. The van der Waals surface area contributed by atoms with Crippen LogP contribution in [0.4, 0.5) is 4.79 Å². The minimum atomic E-state index is 0.118. The fourth-order valence-electron chi connectivity index (χ4n) is 2.50. The lowest BCUT2D eigenvalue weighted by molar-refractivity contribution is 0.180. The predicted octanol–water partition coefficient (Wildman–Crippen LogP) is 1.13. The Hall–Kier alpha value is -0.770. The van der Waals surface area contributed by atoms with Gasteiger partial charge in [0, 0.05) is 19.6 Å². The molecule has 0 aromatic heterocycles. The molecular formula is C12H23N3O. The number of urea groups is 1. The summed E-state index contributed by atoms with van der Waals surface area (Å²) in [6.07, 6.45) is 3.79. The average Bonchev–Trinajstić information content (AvgIpc) is 2.68. The molecular weight excluding hydrogens is 202 g/mol. The number of hydrogen-bond donors (Lipinski definition) is 1. The van der Waals surface area contributed by atoms with E-state index in [4.69, 9.17) is 0 Å². The van der Waals surface area contributed by atoms with Crippen LogP contribution in [-0.2, 0) is 0 Å². The first kappa shape index (κ1) is 11.7. The highest BCUT2D eigenvalue weighted by Crippen LogP contribution is 2.15. The van der Waals surface area contributed by atoms with E-state index in [0.29, 0.717) is 0 Å². The van der Waals surface area contributed by atoms with Gasteiger partial charge in [-0.1, -0.05) is 6.92 Å². The van der Waals surface area contributed by atoms with Gasteiger partial charge in [0.2, 0.25) is 0 Å². The molecule has 2 fully saturated rings. The van der Waals surface area contributed by atoms with Gasteiger partial charge in [0.15, 0.2) is 0 Å². The van der Waals surface area contributed by atoms with Crippen LogP contribution in [-0.4, -0.2) is 55.1 Å². The summed E-state index contributed by atoms with van der Waals surface area (Å²) in [5.74, 6) is 0.903. The second kappa shape index (κ2) is 5.53. The van der Waals surface area contributed by atoms with Gasteiger partial charge in [-0.15, -0.1) is 0 Å². The zero-order chi connectivity index (χ0) is 11.4. The van der Waals surface area contributed by atoms with Crippen LogP contribution in [0.1, 0.15) is 26.2 Å². The van der Waals surface area contributed by atoms with Crippen molar-refractivity contribution >= 4 is 6.03 Å². The highest BCUT2D eigenvalue weighted by Gasteiger charge is 2.19. The molecule has 0 unspecified atom stereocenters. The van der Waals surface area contributed by atoms with Crippen molar-refractivity contribution in [2.45, 2.75) is 26.2 Å². The number of carbonyl (C=O) groups excluding carboxylic acids is 1. The van der Waals surface area contributed by atoms with Gasteiger partial charge >= 0.3 is 6.03 Å². The van der Waals surface area contributed by atoms with Crippen molar-refractivity contribution in [2.75, 3.05) is 39.3 Å². The maximum absolute atomic E-state index is 11.3. The van der Waals surface area contributed by atoms with E-state index in [9.17, 15) is 4.79 Å². The Balaban J connectivity index is 1.59. The van der Waals surface area contributed by atoms with E-state index in [2.05, 4.69) is 17.1 Å². The summed E-state index contributed by atoms with van der Waals surface area (Å²) < 4.78 is 0. The molecule has 16 heavy (non-hydrogen) atoms. The van der Waals surface area contributed by atoms with E-state index in [0.717, 1.165) is 38.5 Å². The second-order valence-electron chi connectivity index (χ2n) is 5.10. The van der Waals surface area contributed by atoms with Crippen molar-refractivity contribution in [1.29, 1.82) is 0 Å². The van der Waals surface area contributed by atoms with Crippen molar-refractivity contribution in [3.8, 4) is 0 Å². The van der Waals surface area contributed by atoms with E-state index in [1.807, 2.05) is 4.90 Å². The summed E-state index contributed by atoms with van der Waals surface area (Å²) in [5.41, 5.74) is 0. The fourth-order valence-corrected chi connectivity index (χ4v) is 2.50. The molecule has 2 aliphatic heterocycles. The number of hydrogen-bond acceptors (Lipinski definition) is 2. The first-order valence-electron chi connectivity index (χ1n) is 6.51. The predicted molar refractivity (Wildman–Crippen MR) is 64.4 cm³/mol. The average molecular weight is 225 g/mol. The fraction of sp³-hybridized carbons (Fsp3) is 0.917. The van der Waals surface area contributed by atoms with E-state index in [1.165, 1.54) is 25.9 Å². The molecule has 4 nitrogen and oxygen atoms in total. The number of carbonyl (C=O) groups is 1. The molecule has 0 bridgehead atoms. The summed E-state index contributed by atoms with van der Waals surface area (Å²) in [7, 11) is 0. The summed E-state index contributed by atoms with van der Waals surface area (Å²) in [6, 6.07) is 0.118. The Morgan fingerprint density at radius 2 is 2.00 bits per heavy atom. The van der Waals surface area contributed by atoms with Crippen LogP contribution < -0.4 is 5.32 Å². The molecule has 2 heterocycles. The summed E-state index contributed by atoms with van der Waals surface area (Å²) in [4.78, 5) is 15.8. The molecule has 0 aromatic carbocycles. The third-order valence-electron chi connectivity index (χ3n) is 3.72. The van der Waals surface area contributed by atoms with Gasteiger partial charge in [-0.25, -0.2) is 4.79 Å². The normalized spacial score (nSPS) is 23.8. The maximum atomic E-state index is 11.3. The molecule has 4 heteroatoms. The number of rotatable bonds is 4. The minimum absolute atomic E-state index is 0.118. The lowest BCUT2D eigenvalue weighted by Gasteiger charge is -2.30. The van der Waals surface area contributed by atoms with Crippen LogP contribution in [0.5, 0.6) is 0 Å². The minimum Gasteiger partial charge on any atom is -0.336 e.